The third kappa shape index (κ3) is 3.88. The Hall–Kier alpha value is -3.83. The van der Waals surface area contributed by atoms with E-state index < -0.39 is 21.4 Å². The molecule has 5 aromatic rings. The molecule has 0 aliphatic rings. The van der Waals surface area contributed by atoms with E-state index in [1.54, 1.807) is 30.6 Å². The van der Waals surface area contributed by atoms with Crippen molar-refractivity contribution in [2.24, 2.45) is 0 Å². The van der Waals surface area contributed by atoms with E-state index in [0.717, 1.165) is 5.39 Å². The van der Waals surface area contributed by atoms with Crippen LogP contribution in [-0.2, 0) is 15.6 Å². The number of aromatic nitrogens is 6. The Labute approximate surface area is 197 Å². The minimum Gasteiger partial charge on any atom is -0.480 e. The predicted molar refractivity (Wildman–Crippen MR) is 124 cm³/mol. The third-order valence-corrected chi connectivity index (χ3v) is 7.05. The van der Waals surface area contributed by atoms with Crippen molar-refractivity contribution in [1.82, 2.24) is 30.1 Å². The van der Waals surface area contributed by atoms with Gasteiger partial charge in [0.2, 0.25) is 5.88 Å². The van der Waals surface area contributed by atoms with Gasteiger partial charge in [-0.25, -0.2) is 22.8 Å². The fourth-order valence-corrected chi connectivity index (χ4v) is 5.32. The molecule has 4 heterocycles. The van der Waals surface area contributed by atoms with Gasteiger partial charge >= 0.3 is 0 Å². The topological polar surface area (TPSA) is 127 Å². The summed E-state index contributed by atoms with van der Waals surface area (Å²) in [6.07, 6.45) is 5.95. The van der Waals surface area contributed by atoms with Gasteiger partial charge in [0.25, 0.3) is 0 Å². The highest BCUT2D eigenvalue weighted by Gasteiger charge is 2.25. The normalized spacial score (nSPS) is 11.7. The number of fused-ring (bicyclic) bond motifs is 1. The molecule has 172 valence electrons. The molecular formula is C22H16ClFN6O3S. The summed E-state index contributed by atoms with van der Waals surface area (Å²) in [7, 11) is -2.73. The van der Waals surface area contributed by atoms with Crippen LogP contribution in [0.15, 0.2) is 60.0 Å². The number of rotatable bonds is 6. The summed E-state index contributed by atoms with van der Waals surface area (Å²) in [6, 6.07) is 7.72. The molecule has 1 aromatic carbocycles. The summed E-state index contributed by atoms with van der Waals surface area (Å²) in [5, 5.41) is 8.10. The number of nitrogens with one attached hydrogen (secondary N) is 2. The minimum atomic E-state index is -4.02. The van der Waals surface area contributed by atoms with E-state index in [1.165, 1.54) is 31.6 Å². The zero-order valence-electron chi connectivity index (χ0n) is 17.6. The van der Waals surface area contributed by atoms with E-state index >= 15 is 4.39 Å². The second kappa shape index (κ2) is 8.50. The first-order valence-electron chi connectivity index (χ1n) is 9.91. The lowest BCUT2D eigenvalue weighted by molar-refractivity contribution is 0.385. The van der Waals surface area contributed by atoms with Gasteiger partial charge in [0.15, 0.2) is 21.5 Å². The average molecular weight is 499 g/mol. The molecule has 0 radical (unpaired) electrons. The fraction of sp³-hybridized carbons (Fsp3) is 0.0909. The van der Waals surface area contributed by atoms with Crippen molar-refractivity contribution in [2.75, 3.05) is 7.11 Å². The van der Waals surface area contributed by atoms with E-state index in [9.17, 15) is 8.42 Å². The number of benzene rings is 1. The van der Waals surface area contributed by atoms with Crippen LogP contribution in [0.25, 0.3) is 33.7 Å². The van der Waals surface area contributed by atoms with Crippen molar-refractivity contribution in [2.45, 2.75) is 10.6 Å². The number of methoxy groups -OCH3 is 1. The van der Waals surface area contributed by atoms with Crippen molar-refractivity contribution < 1.29 is 17.5 Å². The number of sulfone groups is 1. The predicted octanol–water partition coefficient (Wildman–Crippen LogP) is 4.19. The van der Waals surface area contributed by atoms with Crippen LogP contribution in [0.1, 0.15) is 5.56 Å². The maximum atomic E-state index is 15.5. The van der Waals surface area contributed by atoms with Crippen molar-refractivity contribution in [3.8, 4) is 28.7 Å². The number of aromatic amines is 2. The van der Waals surface area contributed by atoms with Crippen LogP contribution in [0.5, 0.6) is 5.88 Å². The number of ether oxygens (including phenoxy) is 1. The van der Waals surface area contributed by atoms with Gasteiger partial charge in [-0.15, -0.1) is 0 Å². The minimum absolute atomic E-state index is 0.0138. The van der Waals surface area contributed by atoms with Crippen LogP contribution < -0.4 is 4.74 Å². The molecule has 2 N–H and O–H groups in total. The van der Waals surface area contributed by atoms with Gasteiger partial charge in [-0.1, -0.05) is 17.7 Å². The zero-order valence-corrected chi connectivity index (χ0v) is 19.2. The smallest absolute Gasteiger partial charge is 0.232 e. The second-order valence-corrected chi connectivity index (χ2v) is 9.72. The molecular weight excluding hydrogens is 483 g/mol. The Kier molecular flexibility index (Phi) is 5.50. The maximum Gasteiger partial charge on any atom is 0.232 e. The number of hydrogen-bond acceptors (Lipinski definition) is 7. The molecule has 0 saturated heterocycles. The summed E-state index contributed by atoms with van der Waals surface area (Å²) in [5.74, 6) is -0.885. The van der Waals surface area contributed by atoms with Gasteiger partial charge < -0.3 is 9.72 Å². The molecule has 0 fully saturated rings. The summed E-state index contributed by atoms with van der Waals surface area (Å²) in [5.41, 5.74) is 1.70. The lowest BCUT2D eigenvalue weighted by Crippen LogP contribution is -2.10. The number of hydrogen-bond donors (Lipinski definition) is 2. The SMILES string of the molecule is COc1ncc(Cl)cc1S(=O)(=O)Cc1ccnc(-c2ccc3c(-c4ncc[nH]4)n[nH]c3c2)c1F. The molecule has 0 bridgehead atoms. The monoisotopic (exact) mass is 498 g/mol. The Balaban J connectivity index is 1.52. The van der Waals surface area contributed by atoms with Crippen LogP contribution in [0, 0.1) is 5.82 Å². The van der Waals surface area contributed by atoms with E-state index in [2.05, 4.69) is 30.1 Å². The average Bonchev–Trinajstić information content (AvgIpc) is 3.49. The third-order valence-electron chi connectivity index (χ3n) is 5.19. The fourth-order valence-electron chi connectivity index (χ4n) is 3.61. The van der Waals surface area contributed by atoms with Gasteiger partial charge in [-0.05, 0) is 24.3 Å². The molecule has 0 unspecified atom stereocenters. The van der Waals surface area contributed by atoms with E-state index in [4.69, 9.17) is 16.3 Å². The van der Waals surface area contributed by atoms with Crippen LogP contribution >= 0.6 is 11.6 Å². The summed E-state index contributed by atoms with van der Waals surface area (Å²) in [6.45, 7) is 0. The quantitative estimate of drug-likeness (QED) is 0.359. The van der Waals surface area contributed by atoms with Gasteiger partial charge in [0.1, 0.15) is 16.3 Å². The second-order valence-electron chi connectivity index (χ2n) is 7.32. The first kappa shape index (κ1) is 22.0. The lowest BCUT2D eigenvalue weighted by Gasteiger charge is -2.11. The molecule has 4 aromatic heterocycles. The van der Waals surface area contributed by atoms with Crippen LogP contribution in [0.3, 0.4) is 0 Å². The first-order valence-corrected chi connectivity index (χ1v) is 11.9. The Morgan fingerprint density at radius 3 is 2.71 bits per heavy atom. The number of halogens is 2. The highest BCUT2D eigenvalue weighted by atomic mass is 35.5. The molecule has 0 atom stereocenters. The van der Waals surface area contributed by atoms with Gasteiger partial charge in [-0.3, -0.25) is 10.1 Å². The summed E-state index contributed by atoms with van der Waals surface area (Å²) >= 11 is 5.92. The Morgan fingerprint density at radius 2 is 1.94 bits per heavy atom. The van der Waals surface area contributed by atoms with Gasteiger partial charge in [0, 0.05) is 41.3 Å². The highest BCUT2D eigenvalue weighted by Crippen LogP contribution is 2.32. The standard InChI is InChI=1S/C22H16ClFN6O3S/c1-33-22-17(9-14(23)10-28-22)34(31,32)11-13-4-5-25-19(18(13)24)12-2-3-15-16(8-12)29-30-20(15)21-26-6-7-27-21/h2-10H,11H2,1H3,(H,26,27)(H,29,30). The van der Waals surface area contributed by atoms with Gasteiger partial charge in [0.05, 0.1) is 23.4 Å². The van der Waals surface area contributed by atoms with Crippen molar-refractivity contribution in [3.05, 3.63) is 71.5 Å². The van der Waals surface area contributed by atoms with Crippen molar-refractivity contribution in [1.29, 1.82) is 0 Å². The number of nitrogens with zero attached hydrogens (tertiary/aromatic N) is 4. The Bertz CT molecular complexity index is 1620. The first-order chi connectivity index (χ1) is 16.4. The van der Waals surface area contributed by atoms with Crippen molar-refractivity contribution in [3.63, 3.8) is 0 Å². The van der Waals surface area contributed by atoms with Crippen LogP contribution in [0.2, 0.25) is 5.02 Å². The Morgan fingerprint density at radius 1 is 1.09 bits per heavy atom. The van der Waals surface area contributed by atoms with Crippen LogP contribution in [0.4, 0.5) is 4.39 Å². The number of H-pyrrole nitrogens is 2. The summed E-state index contributed by atoms with van der Waals surface area (Å²) < 4.78 is 46.6. The molecule has 0 amide bonds. The molecule has 0 spiro atoms. The van der Waals surface area contributed by atoms with E-state index in [1.807, 2.05) is 0 Å². The largest absolute Gasteiger partial charge is 0.480 e. The highest BCUT2D eigenvalue weighted by molar-refractivity contribution is 7.90. The molecule has 12 heteroatoms. The lowest BCUT2D eigenvalue weighted by atomic mass is 10.1. The molecule has 5 rings (SSSR count). The maximum absolute atomic E-state index is 15.5. The molecule has 9 nitrogen and oxygen atoms in total. The van der Waals surface area contributed by atoms with E-state index in [0.29, 0.717) is 22.6 Å². The van der Waals surface area contributed by atoms with Crippen LogP contribution in [-0.4, -0.2) is 45.7 Å². The van der Waals surface area contributed by atoms with Crippen molar-refractivity contribution >= 4 is 32.3 Å². The van der Waals surface area contributed by atoms with Gasteiger partial charge in [-0.2, -0.15) is 5.10 Å². The number of pyridine rings is 2. The van der Waals surface area contributed by atoms with E-state index in [-0.39, 0.29) is 27.1 Å². The molecule has 0 saturated carbocycles. The number of imidazole rings is 1. The molecule has 34 heavy (non-hydrogen) atoms. The summed E-state index contributed by atoms with van der Waals surface area (Å²) in [4.78, 5) is 15.0. The molecule has 0 aliphatic carbocycles. The molecule has 0 aliphatic heterocycles. The zero-order chi connectivity index (χ0) is 23.9.